The third kappa shape index (κ3) is 2.70. The Labute approximate surface area is 65.2 Å². The molecule has 0 bridgehead atoms. The molecule has 0 aromatic carbocycles. The number of rotatable bonds is 1. The molecule has 0 saturated carbocycles. The van der Waals surface area contributed by atoms with E-state index >= 15 is 0 Å². The van der Waals surface area contributed by atoms with Crippen LogP contribution in [0.1, 0.15) is 34.1 Å². The highest BCUT2D eigenvalue weighted by Crippen LogP contribution is 2.14. The second-order valence-electron chi connectivity index (χ2n) is 2.91. The predicted octanol–water partition coefficient (Wildman–Crippen LogP) is 1.25. The van der Waals surface area contributed by atoms with E-state index < -0.39 is 0 Å². The first-order valence-electron chi connectivity index (χ1n) is 4.66. The van der Waals surface area contributed by atoms with Crippen molar-refractivity contribution in [2.75, 3.05) is 13.1 Å². The Hall–Kier alpha value is -0.0400. The second-order valence-corrected chi connectivity index (χ2v) is 2.91. The van der Waals surface area contributed by atoms with Gasteiger partial charge in [-0.2, -0.15) is 0 Å². The van der Waals surface area contributed by atoms with Gasteiger partial charge >= 0.3 is 0 Å². The van der Waals surface area contributed by atoms with Gasteiger partial charge in [-0.3, -0.25) is 0 Å². The lowest BCUT2D eigenvalue weighted by molar-refractivity contribution is -0.640. The topological polar surface area (TPSA) is 16.6 Å². The molecule has 0 aromatic heterocycles. The van der Waals surface area contributed by atoms with Crippen molar-refractivity contribution in [3.8, 4) is 0 Å². The highest BCUT2D eigenvalue weighted by molar-refractivity contribution is 4.65. The fourth-order valence-electron chi connectivity index (χ4n) is 1.57. The van der Waals surface area contributed by atoms with Gasteiger partial charge in [-0.15, -0.1) is 0 Å². The molecule has 0 aromatic rings. The van der Waals surface area contributed by atoms with E-state index in [9.17, 15) is 0 Å². The summed E-state index contributed by atoms with van der Waals surface area (Å²) in [6.07, 6.45) is 1.37. The number of nitrogens with two attached hydrogens (primary N) is 1. The summed E-state index contributed by atoms with van der Waals surface area (Å²) < 4.78 is 0. The molecule has 0 aliphatic carbocycles. The zero-order valence-electron chi connectivity index (χ0n) is 7.85. The first kappa shape index (κ1) is 9.96. The molecule has 1 saturated heterocycles. The normalized spacial score (nSPS) is 31.2. The lowest BCUT2D eigenvalue weighted by Crippen LogP contribution is -2.81. The Morgan fingerprint density at radius 2 is 1.90 bits per heavy atom. The number of quaternary nitrogens is 1. The fraction of sp³-hybridized carbons (Fsp3) is 1.00. The molecule has 1 rings (SSSR count). The maximum atomic E-state index is 2.43. The van der Waals surface area contributed by atoms with E-state index in [0.29, 0.717) is 0 Å². The van der Waals surface area contributed by atoms with Gasteiger partial charge in [-0.25, -0.2) is 0 Å². The highest BCUT2D eigenvalue weighted by Gasteiger charge is 2.24. The molecule has 2 atom stereocenters. The maximum Gasteiger partial charge on any atom is 0.0788 e. The lowest BCUT2D eigenvalue weighted by Gasteiger charge is -2.05. The van der Waals surface area contributed by atoms with Gasteiger partial charge in [0.1, 0.15) is 0 Å². The van der Waals surface area contributed by atoms with Crippen molar-refractivity contribution in [2.24, 2.45) is 11.8 Å². The molecule has 1 heteroatoms. The molecule has 1 aliphatic heterocycles. The number of hydrogen-bond donors (Lipinski definition) is 1. The molecular weight excluding hydrogens is 122 g/mol. The van der Waals surface area contributed by atoms with Gasteiger partial charge in [0.15, 0.2) is 0 Å². The zero-order valence-corrected chi connectivity index (χ0v) is 7.85. The third-order valence-corrected chi connectivity index (χ3v) is 2.34. The molecule has 0 amide bonds. The zero-order chi connectivity index (χ0) is 7.98. The summed E-state index contributed by atoms with van der Waals surface area (Å²) in [5, 5.41) is 2.43. The van der Waals surface area contributed by atoms with E-state index in [-0.39, 0.29) is 0 Å². The van der Waals surface area contributed by atoms with E-state index in [4.69, 9.17) is 0 Å². The van der Waals surface area contributed by atoms with Crippen LogP contribution in [0.3, 0.4) is 0 Å². The number of hydrogen-bond acceptors (Lipinski definition) is 0. The first-order chi connectivity index (χ1) is 4.84. The SMILES string of the molecule is CC.CCC1C[NH2+]CC1C. The quantitative estimate of drug-likeness (QED) is 0.570. The van der Waals surface area contributed by atoms with Gasteiger partial charge in [-0.05, 0) is 6.42 Å². The average Bonchev–Trinajstić information content (AvgIpc) is 2.39. The smallest absolute Gasteiger partial charge is 0.0788 e. The Morgan fingerprint density at radius 3 is 2.10 bits per heavy atom. The summed E-state index contributed by atoms with van der Waals surface area (Å²) in [4.78, 5) is 0. The largest absolute Gasteiger partial charge is 0.346 e. The van der Waals surface area contributed by atoms with Crippen LogP contribution in [-0.4, -0.2) is 13.1 Å². The van der Waals surface area contributed by atoms with Gasteiger partial charge in [0.2, 0.25) is 0 Å². The fourth-order valence-corrected chi connectivity index (χ4v) is 1.57. The molecular formula is C9H22N+. The van der Waals surface area contributed by atoms with E-state index in [1.165, 1.54) is 19.5 Å². The van der Waals surface area contributed by atoms with E-state index in [1.54, 1.807) is 0 Å². The van der Waals surface area contributed by atoms with Crippen LogP contribution in [0.4, 0.5) is 0 Å². The van der Waals surface area contributed by atoms with Crippen LogP contribution in [0.25, 0.3) is 0 Å². The first-order valence-corrected chi connectivity index (χ1v) is 4.66. The van der Waals surface area contributed by atoms with Crippen LogP contribution < -0.4 is 5.32 Å². The minimum absolute atomic E-state index is 0.972. The van der Waals surface area contributed by atoms with Crippen LogP contribution in [0.15, 0.2) is 0 Å². The van der Waals surface area contributed by atoms with Crippen molar-refractivity contribution in [1.82, 2.24) is 0 Å². The van der Waals surface area contributed by atoms with E-state index in [2.05, 4.69) is 19.2 Å². The molecule has 1 heterocycles. The van der Waals surface area contributed by atoms with Gasteiger partial charge in [0.05, 0.1) is 13.1 Å². The average molecular weight is 144 g/mol. The molecule has 1 nitrogen and oxygen atoms in total. The monoisotopic (exact) mass is 144 g/mol. The summed E-state index contributed by atoms with van der Waals surface area (Å²) >= 11 is 0. The summed E-state index contributed by atoms with van der Waals surface area (Å²) in [5.41, 5.74) is 0. The maximum absolute atomic E-state index is 2.43. The van der Waals surface area contributed by atoms with Crippen molar-refractivity contribution in [3.63, 3.8) is 0 Å². The van der Waals surface area contributed by atoms with Crippen LogP contribution in [-0.2, 0) is 0 Å². The van der Waals surface area contributed by atoms with Crippen molar-refractivity contribution < 1.29 is 5.32 Å². The summed E-state index contributed by atoms with van der Waals surface area (Å²) in [7, 11) is 0. The van der Waals surface area contributed by atoms with Crippen molar-refractivity contribution in [2.45, 2.75) is 34.1 Å². The van der Waals surface area contributed by atoms with Crippen LogP contribution >= 0.6 is 0 Å². The van der Waals surface area contributed by atoms with Crippen LogP contribution in [0.5, 0.6) is 0 Å². The van der Waals surface area contributed by atoms with Crippen molar-refractivity contribution >= 4 is 0 Å². The van der Waals surface area contributed by atoms with Gasteiger partial charge in [-0.1, -0.05) is 27.7 Å². The van der Waals surface area contributed by atoms with Gasteiger partial charge in [0.25, 0.3) is 0 Å². The molecule has 1 fully saturated rings. The van der Waals surface area contributed by atoms with Crippen molar-refractivity contribution in [3.05, 3.63) is 0 Å². The Morgan fingerprint density at radius 1 is 1.30 bits per heavy atom. The van der Waals surface area contributed by atoms with E-state index in [1.807, 2.05) is 13.8 Å². The molecule has 2 N–H and O–H groups in total. The molecule has 62 valence electrons. The predicted molar refractivity (Wildman–Crippen MR) is 46.0 cm³/mol. The van der Waals surface area contributed by atoms with Gasteiger partial charge < -0.3 is 5.32 Å². The Kier molecular flexibility index (Phi) is 5.70. The van der Waals surface area contributed by atoms with Crippen molar-refractivity contribution in [1.29, 1.82) is 0 Å². The Balaban J connectivity index is 0.000000371. The summed E-state index contributed by atoms with van der Waals surface area (Å²) in [6.45, 7) is 11.4. The minimum Gasteiger partial charge on any atom is -0.346 e. The standard InChI is InChI=1S/C7H15N.C2H6/c1-3-7-5-8-4-6(7)2;1-2/h6-8H,3-5H2,1-2H3;1-2H3/p+1. The minimum atomic E-state index is 0.972. The van der Waals surface area contributed by atoms with Gasteiger partial charge in [0, 0.05) is 11.8 Å². The molecule has 2 unspecified atom stereocenters. The molecule has 0 radical (unpaired) electrons. The van der Waals surface area contributed by atoms with E-state index in [0.717, 1.165) is 11.8 Å². The molecule has 0 spiro atoms. The lowest BCUT2D eigenvalue weighted by atomic mass is 9.96. The molecule has 10 heavy (non-hydrogen) atoms. The van der Waals surface area contributed by atoms with Crippen LogP contribution in [0, 0.1) is 11.8 Å². The highest BCUT2D eigenvalue weighted by atomic mass is 14.9. The summed E-state index contributed by atoms with van der Waals surface area (Å²) in [6, 6.07) is 0. The van der Waals surface area contributed by atoms with Crippen LogP contribution in [0.2, 0.25) is 0 Å². The second kappa shape index (κ2) is 5.72. The third-order valence-electron chi connectivity index (χ3n) is 2.34. The summed E-state index contributed by atoms with van der Waals surface area (Å²) in [5.74, 6) is 1.98. The Bertz CT molecular complexity index is 71.1. The molecule has 1 aliphatic rings.